The highest BCUT2D eigenvalue weighted by Crippen LogP contribution is 2.42. The lowest BCUT2D eigenvalue weighted by atomic mass is 9.72. The number of amides is 1. The molecule has 0 saturated heterocycles. The average Bonchev–Trinajstić information content (AvgIpc) is 3.43. The second-order valence-corrected chi connectivity index (χ2v) is 9.20. The van der Waals surface area contributed by atoms with Crippen LogP contribution in [0.15, 0.2) is 65.5 Å². The van der Waals surface area contributed by atoms with Crippen molar-refractivity contribution in [2.45, 2.75) is 24.8 Å². The molecule has 0 radical (unpaired) electrons. The summed E-state index contributed by atoms with van der Waals surface area (Å²) in [5.74, 6) is -0.249. The van der Waals surface area contributed by atoms with Gasteiger partial charge in [0, 0.05) is 16.5 Å². The molecule has 4 aromatic rings. The molecule has 2 aromatic heterocycles. The highest BCUT2D eigenvalue weighted by Gasteiger charge is 2.34. The van der Waals surface area contributed by atoms with Gasteiger partial charge in [0.25, 0.3) is 5.91 Å². The van der Waals surface area contributed by atoms with E-state index in [1.807, 2.05) is 18.2 Å². The summed E-state index contributed by atoms with van der Waals surface area (Å²) >= 11 is 2.86. The molecule has 1 aliphatic rings. The third kappa shape index (κ3) is 3.56. The van der Waals surface area contributed by atoms with E-state index in [9.17, 15) is 4.79 Å². The first-order chi connectivity index (χ1) is 14.6. The van der Waals surface area contributed by atoms with Crippen LogP contribution in [0.2, 0.25) is 0 Å². The van der Waals surface area contributed by atoms with Crippen LogP contribution in [0.3, 0.4) is 0 Å². The number of benzene rings is 2. The molecule has 30 heavy (non-hydrogen) atoms. The number of rotatable bonds is 5. The van der Waals surface area contributed by atoms with Crippen molar-refractivity contribution in [2.24, 2.45) is 5.73 Å². The smallest absolute Gasteiger partial charge is 0.276 e. The zero-order valence-electron chi connectivity index (χ0n) is 16.2. The van der Waals surface area contributed by atoms with E-state index in [-0.39, 0.29) is 11.4 Å². The number of hydrogen-bond acceptors (Lipinski definition) is 6. The Balaban J connectivity index is 1.51. The molecule has 0 atom stereocenters. The molecule has 1 aliphatic carbocycles. The van der Waals surface area contributed by atoms with Crippen molar-refractivity contribution < 1.29 is 4.79 Å². The minimum absolute atomic E-state index is 0.185. The van der Waals surface area contributed by atoms with Crippen molar-refractivity contribution in [1.82, 2.24) is 9.97 Å². The van der Waals surface area contributed by atoms with Crippen LogP contribution >= 0.6 is 22.7 Å². The number of carbonyl (C=O) groups excluding carboxylic acids is 1. The summed E-state index contributed by atoms with van der Waals surface area (Å²) in [6.07, 6.45) is 3.25. The molecular formula is C23H20N4OS2. The predicted octanol–water partition coefficient (Wildman–Crippen LogP) is 5.52. The van der Waals surface area contributed by atoms with Crippen molar-refractivity contribution in [2.75, 3.05) is 5.32 Å². The SMILES string of the molecule is NC1(c2ccc(-c3nc(NC(=O)c4cscn4)sc3-c3ccccc3)cc2)CCC1. The summed E-state index contributed by atoms with van der Waals surface area (Å²) < 4.78 is 0. The highest BCUT2D eigenvalue weighted by atomic mass is 32.1. The van der Waals surface area contributed by atoms with Crippen LogP contribution in [-0.2, 0) is 5.54 Å². The minimum Gasteiger partial charge on any atom is -0.321 e. The quantitative estimate of drug-likeness (QED) is 0.435. The predicted molar refractivity (Wildman–Crippen MR) is 123 cm³/mol. The van der Waals surface area contributed by atoms with Gasteiger partial charge in [0.1, 0.15) is 5.69 Å². The Hall–Kier alpha value is -2.87. The average molecular weight is 433 g/mol. The fourth-order valence-corrected chi connectivity index (χ4v) is 5.17. The topological polar surface area (TPSA) is 80.9 Å². The largest absolute Gasteiger partial charge is 0.321 e. The molecule has 3 N–H and O–H groups in total. The molecule has 7 heteroatoms. The van der Waals surface area contributed by atoms with Crippen molar-refractivity contribution in [3.8, 4) is 21.7 Å². The molecule has 0 bridgehead atoms. The van der Waals surface area contributed by atoms with Gasteiger partial charge < -0.3 is 5.73 Å². The highest BCUT2D eigenvalue weighted by molar-refractivity contribution is 7.19. The number of nitrogens with two attached hydrogens (primary N) is 1. The lowest BCUT2D eigenvalue weighted by Crippen LogP contribution is -2.43. The van der Waals surface area contributed by atoms with E-state index in [0.717, 1.165) is 34.5 Å². The minimum atomic E-state index is -0.249. The van der Waals surface area contributed by atoms with Gasteiger partial charge in [-0.1, -0.05) is 65.9 Å². The van der Waals surface area contributed by atoms with E-state index in [2.05, 4.69) is 46.7 Å². The maximum atomic E-state index is 12.4. The third-order valence-corrected chi connectivity index (χ3v) is 7.13. The molecular weight excluding hydrogens is 412 g/mol. The van der Waals surface area contributed by atoms with E-state index in [0.29, 0.717) is 10.8 Å². The second kappa shape index (κ2) is 7.75. The first-order valence-corrected chi connectivity index (χ1v) is 11.5. The van der Waals surface area contributed by atoms with Crippen LogP contribution in [0.4, 0.5) is 5.13 Å². The van der Waals surface area contributed by atoms with Crippen molar-refractivity contribution in [1.29, 1.82) is 0 Å². The van der Waals surface area contributed by atoms with Gasteiger partial charge in [-0.2, -0.15) is 0 Å². The number of thiazole rings is 2. The van der Waals surface area contributed by atoms with Gasteiger partial charge >= 0.3 is 0 Å². The van der Waals surface area contributed by atoms with Gasteiger partial charge in [0.05, 0.1) is 16.1 Å². The lowest BCUT2D eigenvalue weighted by molar-refractivity contribution is 0.102. The van der Waals surface area contributed by atoms with Crippen molar-refractivity contribution in [3.63, 3.8) is 0 Å². The van der Waals surface area contributed by atoms with Crippen molar-refractivity contribution >= 4 is 33.7 Å². The maximum Gasteiger partial charge on any atom is 0.276 e. The van der Waals surface area contributed by atoms with E-state index in [1.165, 1.54) is 34.7 Å². The fraction of sp³-hybridized carbons (Fsp3) is 0.174. The Morgan fingerprint density at radius 1 is 1.03 bits per heavy atom. The normalized spacial score (nSPS) is 14.8. The first-order valence-electron chi connectivity index (χ1n) is 9.78. The summed E-state index contributed by atoms with van der Waals surface area (Å²) in [7, 11) is 0. The zero-order chi connectivity index (χ0) is 20.6. The van der Waals surface area contributed by atoms with Crippen LogP contribution in [0.1, 0.15) is 35.3 Å². The second-order valence-electron chi connectivity index (χ2n) is 7.48. The van der Waals surface area contributed by atoms with E-state index >= 15 is 0 Å². The molecule has 2 aromatic carbocycles. The lowest BCUT2D eigenvalue weighted by Gasteiger charge is -2.38. The van der Waals surface area contributed by atoms with Gasteiger partial charge in [-0.3, -0.25) is 10.1 Å². The molecule has 5 nitrogen and oxygen atoms in total. The van der Waals surface area contributed by atoms with Crippen LogP contribution in [-0.4, -0.2) is 15.9 Å². The monoisotopic (exact) mass is 432 g/mol. The summed E-state index contributed by atoms with van der Waals surface area (Å²) in [5.41, 5.74) is 12.4. The molecule has 1 saturated carbocycles. The number of nitrogens with zero attached hydrogens (tertiary/aromatic N) is 2. The number of carbonyl (C=O) groups is 1. The van der Waals surface area contributed by atoms with Gasteiger partial charge in [-0.15, -0.1) is 11.3 Å². The van der Waals surface area contributed by atoms with E-state index < -0.39 is 0 Å². The number of hydrogen-bond donors (Lipinski definition) is 2. The molecule has 5 rings (SSSR count). The number of nitrogens with one attached hydrogen (secondary N) is 1. The summed E-state index contributed by atoms with van der Waals surface area (Å²) in [4.78, 5) is 22.3. The van der Waals surface area contributed by atoms with Crippen LogP contribution in [0, 0.1) is 0 Å². The Morgan fingerprint density at radius 3 is 2.43 bits per heavy atom. The summed E-state index contributed by atoms with van der Waals surface area (Å²) in [5, 5.41) is 5.17. The molecule has 150 valence electrons. The van der Waals surface area contributed by atoms with Crippen LogP contribution in [0.5, 0.6) is 0 Å². The first kappa shape index (κ1) is 19.1. The molecule has 0 unspecified atom stereocenters. The molecule has 1 fully saturated rings. The summed E-state index contributed by atoms with van der Waals surface area (Å²) in [6, 6.07) is 18.5. The molecule has 0 spiro atoms. The Bertz CT molecular complexity index is 1160. The Kier molecular flexibility index (Phi) is 4.94. The fourth-order valence-electron chi connectivity index (χ4n) is 3.65. The molecule has 1 amide bonds. The Labute approximate surface area is 182 Å². The van der Waals surface area contributed by atoms with E-state index in [1.54, 1.807) is 10.9 Å². The summed E-state index contributed by atoms with van der Waals surface area (Å²) in [6.45, 7) is 0. The van der Waals surface area contributed by atoms with Gasteiger partial charge in [0.15, 0.2) is 5.13 Å². The van der Waals surface area contributed by atoms with Crippen LogP contribution in [0.25, 0.3) is 21.7 Å². The maximum absolute atomic E-state index is 12.4. The van der Waals surface area contributed by atoms with Gasteiger partial charge in [-0.05, 0) is 30.4 Å². The molecule has 0 aliphatic heterocycles. The van der Waals surface area contributed by atoms with E-state index in [4.69, 9.17) is 10.7 Å². The van der Waals surface area contributed by atoms with Crippen LogP contribution < -0.4 is 11.1 Å². The Morgan fingerprint density at radius 2 is 1.80 bits per heavy atom. The standard InChI is InChI=1S/C23H20N4OS2/c24-23(11-4-12-23)17-9-7-15(8-10-17)19-20(16-5-2-1-3-6-16)30-22(26-19)27-21(28)18-13-29-14-25-18/h1-3,5-10,13-14H,4,11-12,24H2,(H,26,27,28). The van der Waals surface area contributed by atoms with Crippen molar-refractivity contribution in [3.05, 3.63) is 76.7 Å². The number of anilines is 1. The van der Waals surface area contributed by atoms with Gasteiger partial charge in [0.2, 0.25) is 0 Å². The zero-order valence-corrected chi connectivity index (χ0v) is 17.8. The molecule has 2 heterocycles. The van der Waals surface area contributed by atoms with Gasteiger partial charge in [-0.25, -0.2) is 9.97 Å². The third-order valence-electron chi connectivity index (χ3n) is 5.53. The number of aromatic nitrogens is 2.